The number of benzene rings is 1. The quantitative estimate of drug-likeness (QED) is 0.701. The van der Waals surface area contributed by atoms with Gasteiger partial charge in [-0.1, -0.05) is 18.7 Å². The zero-order valence-corrected chi connectivity index (χ0v) is 14.1. The number of allylic oxidation sites excluding steroid dienone is 1. The molecule has 8 nitrogen and oxygen atoms in total. The molecule has 134 valence electrons. The number of aromatic nitrogens is 4. The third-order valence-corrected chi connectivity index (χ3v) is 3.69. The molecule has 1 amide bonds. The number of fused-ring (bicyclic) bond motifs is 1. The number of nitrogens with zero attached hydrogens (tertiary/aromatic N) is 4. The van der Waals surface area contributed by atoms with Crippen LogP contribution < -0.4 is 11.1 Å². The molecular formula is C17H17FN6O2. The van der Waals surface area contributed by atoms with Gasteiger partial charge < -0.3 is 15.8 Å². The summed E-state index contributed by atoms with van der Waals surface area (Å²) >= 11 is 0. The van der Waals surface area contributed by atoms with Crippen LogP contribution in [-0.4, -0.2) is 39.4 Å². The number of nitrogen functional groups attached to an aromatic ring is 1. The number of alkyl halides is 1. The van der Waals surface area contributed by atoms with Gasteiger partial charge in [0.05, 0.1) is 17.7 Å². The van der Waals surface area contributed by atoms with E-state index in [4.69, 9.17) is 10.5 Å². The van der Waals surface area contributed by atoms with Crippen LogP contribution in [0.25, 0.3) is 16.7 Å². The summed E-state index contributed by atoms with van der Waals surface area (Å²) in [5.41, 5.74) is 7.67. The lowest BCUT2D eigenvalue weighted by molar-refractivity contribution is 0.102. The van der Waals surface area contributed by atoms with Crippen molar-refractivity contribution < 1.29 is 13.9 Å². The molecule has 0 aliphatic rings. The molecule has 9 heteroatoms. The Balaban J connectivity index is 1.96. The normalized spacial score (nSPS) is 10.8. The standard InChI is InChI=1S/C17H17FN6O2/c1-10(7-18)24-16-13(15(19)20-9-21-16)14(23-24)17(25)22-12-5-3-11(4-6-12)8-26-2/h3-6,9H,1,7-8H2,2H3,(H,22,25)(H2,19,20,21). The van der Waals surface area contributed by atoms with Crippen molar-refractivity contribution in [1.82, 2.24) is 19.7 Å². The Hall–Kier alpha value is -3.33. The largest absolute Gasteiger partial charge is 0.383 e. The van der Waals surface area contributed by atoms with E-state index in [2.05, 4.69) is 27.0 Å². The second-order valence-electron chi connectivity index (χ2n) is 5.50. The lowest BCUT2D eigenvalue weighted by Gasteiger charge is -2.05. The monoisotopic (exact) mass is 356 g/mol. The number of nitrogens with one attached hydrogen (secondary N) is 1. The topological polar surface area (TPSA) is 108 Å². The number of amides is 1. The molecule has 2 heterocycles. The summed E-state index contributed by atoms with van der Waals surface area (Å²) in [4.78, 5) is 20.6. The molecule has 0 aliphatic carbocycles. The molecule has 0 unspecified atom stereocenters. The molecule has 2 aromatic heterocycles. The maximum atomic E-state index is 13.0. The van der Waals surface area contributed by atoms with Crippen LogP contribution in [0.4, 0.5) is 15.9 Å². The van der Waals surface area contributed by atoms with E-state index < -0.39 is 12.6 Å². The third kappa shape index (κ3) is 3.24. The van der Waals surface area contributed by atoms with Crippen molar-refractivity contribution >= 4 is 34.1 Å². The minimum absolute atomic E-state index is 0.00586. The van der Waals surface area contributed by atoms with Crippen LogP contribution in [0, 0.1) is 0 Å². The highest BCUT2D eigenvalue weighted by Gasteiger charge is 2.22. The van der Waals surface area contributed by atoms with Crippen molar-refractivity contribution in [1.29, 1.82) is 0 Å². The number of carbonyl (C=O) groups excluding carboxylic acids is 1. The molecule has 3 N–H and O–H groups in total. The van der Waals surface area contributed by atoms with Gasteiger partial charge in [0.2, 0.25) is 0 Å². The Morgan fingerprint density at radius 1 is 1.35 bits per heavy atom. The first kappa shape index (κ1) is 17.5. The second-order valence-corrected chi connectivity index (χ2v) is 5.50. The molecule has 3 rings (SSSR count). The van der Waals surface area contributed by atoms with Gasteiger partial charge in [-0.2, -0.15) is 5.10 Å². The number of halogens is 1. The Labute approximate surface area is 148 Å². The van der Waals surface area contributed by atoms with Gasteiger partial charge in [0.25, 0.3) is 5.91 Å². The Morgan fingerprint density at radius 2 is 2.08 bits per heavy atom. The number of hydrogen-bond donors (Lipinski definition) is 2. The van der Waals surface area contributed by atoms with Crippen LogP contribution in [0.5, 0.6) is 0 Å². The zero-order valence-electron chi connectivity index (χ0n) is 14.1. The average Bonchev–Trinajstić information content (AvgIpc) is 3.04. The van der Waals surface area contributed by atoms with Gasteiger partial charge in [0.1, 0.15) is 18.8 Å². The maximum absolute atomic E-state index is 13.0. The van der Waals surface area contributed by atoms with E-state index in [-0.39, 0.29) is 28.2 Å². The number of anilines is 2. The summed E-state index contributed by atoms with van der Waals surface area (Å²) < 4.78 is 19.2. The van der Waals surface area contributed by atoms with Crippen molar-refractivity contribution in [2.75, 3.05) is 24.8 Å². The van der Waals surface area contributed by atoms with E-state index in [0.29, 0.717) is 12.3 Å². The molecule has 0 aliphatic heterocycles. The fraction of sp³-hybridized carbons (Fsp3) is 0.176. The Morgan fingerprint density at radius 3 is 2.73 bits per heavy atom. The molecule has 0 radical (unpaired) electrons. The van der Waals surface area contributed by atoms with Gasteiger partial charge in [-0.05, 0) is 17.7 Å². The minimum atomic E-state index is -0.845. The van der Waals surface area contributed by atoms with Gasteiger partial charge >= 0.3 is 0 Å². The zero-order chi connectivity index (χ0) is 18.7. The van der Waals surface area contributed by atoms with E-state index in [1.807, 2.05) is 12.1 Å². The number of carbonyl (C=O) groups is 1. The van der Waals surface area contributed by atoms with Crippen LogP contribution >= 0.6 is 0 Å². The minimum Gasteiger partial charge on any atom is -0.383 e. The molecule has 0 atom stereocenters. The first-order valence-electron chi connectivity index (χ1n) is 7.67. The molecule has 0 bridgehead atoms. The van der Waals surface area contributed by atoms with E-state index in [0.717, 1.165) is 10.2 Å². The molecular weight excluding hydrogens is 339 g/mol. The highest BCUT2D eigenvalue weighted by Crippen LogP contribution is 2.24. The fourth-order valence-corrected chi connectivity index (χ4v) is 2.45. The Bertz CT molecular complexity index is 967. The van der Waals surface area contributed by atoms with Crippen LogP contribution in [0.1, 0.15) is 16.1 Å². The maximum Gasteiger partial charge on any atom is 0.277 e. The van der Waals surface area contributed by atoms with Gasteiger partial charge in [0.15, 0.2) is 11.3 Å². The van der Waals surface area contributed by atoms with Crippen LogP contribution in [0.15, 0.2) is 37.2 Å². The molecule has 0 spiro atoms. The predicted octanol–water partition coefficient (Wildman–Crippen LogP) is 2.25. The smallest absolute Gasteiger partial charge is 0.277 e. The fourth-order valence-electron chi connectivity index (χ4n) is 2.45. The second kappa shape index (κ2) is 7.28. The molecule has 3 aromatic rings. The highest BCUT2D eigenvalue weighted by atomic mass is 19.1. The van der Waals surface area contributed by atoms with Crippen LogP contribution in [0.2, 0.25) is 0 Å². The van der Waals surface area contributed by atoms with Gasteiger partial charge in [-0.25, -0.2) is 19.0 Å². The van der Waals surface area contributed by atoms with Crippen molar-refractivity contribution in [3.05, 3.63) is 48.4 Å². The van der Waals surface area contributed by atoms with Crippen molar-refractivity contribution in [3.8, 4) is 0 Å². The van der Waals surface area contributed by atoms with Crippen molar-refractivity contribution in [2.24, 2.45) is 0 Å². The highest BCUT2D eigenvalue weighted by molar-refractivity contribution is 6.13. The van der Waals surface area contributed by atoms with E-state index in [1.165, 1.54) is 6.33 Å². The first-order valence-corrected chi connectivity index (χ1v) is 7.67. The molecule has 1 aromatic carbocycles. The van der Waals surface area contributed by atoms with Crippen molar-refractivity contribution in [3.63, 3.8) is 0 Å². The van der Waals surface area contributed by atoms with E-state index in [1.54, 1.807) is 19.2 Å². The van der Waals surface area contributed by atoms with Crippen molar-refractivity contribution in [2.45, 2.75) is 6.61 Å². The predicted molar refractivity (Wildman–Crippen MR) is 96.1 cm³/mol. The summed E-state index contributed by atoms with van der Waals surface area (Å²) in [5.74, 6) is -0.435. The lowest BCUT2D eigenvalue weighted by Crippen LogP contribution is -2.14. The summed E-state index contributed by atoms with van der Waals surface area (Å²) in [6.07, 6.45) is 1.22. The molecule has 26 heavy (non-hydrogen) atoms. The first-order chi connectivity index (χ1) is 12.5. The summed E-state index contributed by atoms with van der Waals surface area (Å²) in [7, 11) is 1.61. The number of ether oxygens (including phenoxy) is 1. The SMILES string of the molecule is C=C(CF)n1nc(C(=O)Nc2ccc(COC)cc2)c2c(N)ncnc21. The number of nitrogens with two attached hydrogens (primary N) is 1. The van der Waals surface area contributed by atoms with Gasteiger partial charge in [-0.3, -0.25) is 4.79 Å². The number of hydrogen-bond acceptors (Lipinski definition) is 6. The summed E-state index contributed by atoms with van der Waals surface area (Å²) in [5, 5.41) is 7.10. The third-order valence-electron chi connectivity index (χ3n) is 3.69. The summed E-state index contributed by atoms with van der Waals surface area (Å²) in [6, 6.07) is 7.15. The van der Waals surface area contributed by atoms with E-state index in [9.17, 15) is 9.18 Å². The van der Waals surface area contributed by atoms with E-state index >= 15 is 0 Å². The average molecular weight is 356 g/mol. The molecule has 0 fully saturated rings. The lowest BCUT2D eigenvalue weighted by atomic mass is 10.2. The Kier molecular flexibility index (Phi) is 4.90. The van der Waals surface area contributed by atoms with Crippen LogP contribution in [0.3, 0.4) is 0 Å². The van der Waals surface area contributed by atoms with Gasteiger partial charge in [0, 0.05) is 12.8 Å². The summed E-state index contributed by atoms with van der Waals surface area (Å²) in [6.45, 7) is 3.22. The number of rotatable bonds is 6. The molecule has 0 saturated heterocycles. The number of methoxy groups -OCH3 is 1. The molecule has 0 saturated carbocycles. The van der Waals surface area contributed by atoms with Crippen LogP contribution in [-0.2, 0) is 11.3 Å². The van der Waals surface area contributed by atoms with Gasteiger partial charge in [-0.15, -0.1) is 0 Å².